The molecule has 0 bridgehead atoms. The molecule has 98 valence electrons. The highest BCUT2D eigenvalue weighted by Gasteiger charge is 2.13. The highest BCUT2D eigenvalue weighted by atomic mass is 79.9. The number of aromatic hydroxyl groups is 1. The van der Waals surface area contributed by atoms with Gasteiger partial charge in [-0.15, -0.1) is 0 Å². The van der Waals surface area contributed by atoms with Crippen molar-refractivity contribution < 1.29 is 9.90 Å². The second-order valence-corrected chi connectivity index (χ2v) is 5.34. The summed E-state index contributed by atoms with van der Waals surface area (Å²) in [5, 5.41) is 13.2. The zero-order chi connectivity index (χ0) is 14.0. The van der Waals surface area contributed by atoms with Crippen LogP contribution in [-0.2, 0) is 0 Å². The number of hydrogen-bond donors (Lipinski definition) is 2. The first kappa shape index (κ1) is 13.9. The van der Waals surface area contributed by atoms with E-state index in [0.717, 1.165) is 0 Å². The molecule has 0 unspecified atom stereocenters. The number of amides is 1. The van der Waals surface area contributed by atoms with Crippen LogP contribution >= 0.6 is 27.5 Å². The average molecular weight is 341 g/mol. The van der Waals surface area contributed by atoms with Crippen molar-refractivity contribution in [2.75, 3.05) is 5.32 Å². The fourth-order valence-electron chi connectivity index (χ4n) is 1.62. The van der Waals surface area contributed by atoms with Crippen molar-refractivity contribution in [2.45, 2.75) is 6.92 Å². The molecular weight excluding hydrogens is 330 g/mol. The number of rotatable bonds is 2. The zero-order valence-corrected chi connectivity index (χ0v) is 12.4. The third kappa shape index (κ3) is 3.08. The number of phenols is 1. The normalized spacial score (nSPS) is 10.3. The third-order valence-corrected chi connectivity index (χ3v) is 3.55. The van der Waals surface area contributed by atoms with Gasteiger partial charge in [0.05, 0.1) is 11.3 Å². The minimum Gasteiger partial charge on any atom is -0.507 e. The summed E-state index contributed by atoms with van der Waals surface area (Å²) in [6.07, 6.45) is 0. The van der Waals surface area contributed by atoms with Gasteiger partial charge in [0, 0.05) is 9.50 Å². The molecule has 0 fully saturated rings. The van der Waals surface area contributed by atoms with Gasteiger partial charge in [-0.3, -0.25) is 4.79 Å². The summed E-state index contributed by atoms with van der Waals surface area (Å²) in [6.45, 7) is 1.74. The Morgan fingerprint density at radius 2 is 2.05 bits per heavy atom. The summed E-state index contributed by atoms with van der Waals surface area (Å²) in [5.74, 6) is -0.380. The van der Waals surface area contributed by atoms with Gasteiger partial charge < -0.3 is 10.4 Å². The van der Waals surface area contributed by atoms with Crippen LogP contribution in [0.2, 0.25) is 5.02 Å². The maximum atomic E-state index is 12.1. The number of carbonyl (C=O) groups is 1. The first-order valence-corrected chi connectivity index (χ1v) is 6.71. The van der Waals surface area contributed by atoms with Gasteiger partial charge in [0.2, 0.25) is 0 Å². The van der Waals surface area contributed by atoms with E-state index < -0.39 is 0 Å². The summed E-state index contributed by atoms with van der Waals surface area (Å²) < 4.78 is 0.681. The van der Waals surface area contributed by atoms with Crippen LogP contribution in [0.15, 0.2) is 40.9 Å². The Labute approximate surface area is 124 Å². The van der Waals surface area contributed by atoms with Gasteiger partial charge in [0.15, 0.2) is 0 Å². The fraction of sp³-hybridized carbons (Fsp3) is 0.0714. The molecule has 0 spiro atoms. The Bertz CT molecular complexity index is 643. The number of phenolic OH excluding ortho intramolecular Hbond substituents is 1. The van der Waals surface area contributed by atoms with Crippen LogP contribution in [-0.4, -0.2) is 11.0 Å². The topological polar surface area (TPSA) is 49.3 Å². The maximum Gasteiger partial charge on any atom is 0.259 e. The van der Waals surface area contributed by atoms with Gasteiger partial charge >= 0.3 is 0 Å². The summed E-state index contributed by atoms with van der Waals surface area (Å²) in [4.78, 5) is 12.1. The fourth-order valence-corrected chi connectivity index (χ4v) is 2.40. The molecule has 3 nitrogen and oxygen atoms in total. The molecule has 1 amide bonds. The van der Waals surface area contributed by atoms with Crippen LogP contribution in [0.25, 0.3) is 0 Å². The van der Waals surface area contributed by atoms with E-state index in [2.05, 4.69) is 21.2 Å². The van der Waals surface area contributed by atoms with Crippen molar-refractivity contribution in [3.05, 3.63) is 57.0 Å². The number of nitrogens with one attached hydrogen (secondary N) is 1. The van der Waals surface area contributed by atoms with Crippen molar-refractivity contribution in [1.82, 2.24) is 0 Å². The molecule has 0 atom stereocenters. The number of carbonyl (C=O) groups excluding carboxylic acids is 1. The minimum absolute atomic E-state index is 0.00918. The monoisotopic (exact) mass is 339 g/mol. The van der Waals surface area contributed by atoms with Gasteiger partial charge in [0.25, 0.3) is 5.91 Å². The van der Waals surface area contributed by atoms with Gasteiger partial charge in [-0.05, 0) is 52.7 Å². The molecule has 2 rings (SSSR count). The second-order valence-electron chi connectivity index (χ2n) is 4.05. The van der Waals surface area contributed by atoms with E-state index >= 15 is 0 Å². The number of para-hydroxylation sites is 1. The predicted octanol–water partition coefficient (Wildman–Crippen LogP) is 4.37. The van der Waals surface area contributed by atoms with E-state index in [1.54, 1.807) is 43.3 Å². The number of halogens is 2. The summed E-state index contributed by atoms with van der Waals surface area (Å²) >= 11 is 9.15. The Kier molecular flexibility index (Phi) is 4.12. The van der Waals surface area contributed by atoms with E-state index in [4.69, 9.17) is 11.6 Å². The summed E-state index contributed by atoms with van der Waals surface area (Å²) in [6, 6.07) is 10.1. The Morgan fingerprint density at radius 3 is 2.74 bits per heavy atom. The Morgan fingerprint density at radius 1 is 1.32 bits per heavy atom. The zero-order valence-electron chi connectivity index (χ0n) is 10.1. The largest absolute Gasteiger partial charge is 0.507 e. The molecule has 2 N–H and O–H groups in total. The quantitative estimate of drug-likeness (QED) is 0.853. The summed E-state index contributed by atoms with van der Waals surface area (Å²) in [7, 11) is 0. The highest BCUT2D eigenvalue weighted by molar-refractivity contribution is 9.10. The standard InChI is InChI=1S/C14H11BrClNO2/c1-8-3-2-4-10(13(8)18)14(19)17-12-6-5-9(16)7-11(12)15/h2-7,18H,1H3,(H,17,19). The van der Waals surface area contributed by atoms with Gasteiger partial charge in [-0.2, -0.15) is 0 Å². The highest BCUT2D eigenvalue weighted by Crippen LogP contribution is 2.28. The molecule has 5 heteroatoms. The van der Waals surface area contributed by atoms with E-state index in [-0.39, 0.29) is 17.2 Å². The van der Waals surface area contributed by atoms with Gasteiger partial charge in [-0.1, -0.05) is 23.7 Å². The third-order valence-electron chi connectivity index (χ3n) is 2.66. The van der Waals surface area contributed by atoms with Crippen LogP contribution < -0.4 is 5.32 Å². The molecule has 0 heterocycles. The van der Waals surface area contributed by atoms with Crippen molar-refractivity contribution in [1.29, 1.82) is 0 Å². The van der Waals surface area contributed by atoms with Gasteiger partial charge in [-0.25, -0.2) is 0 Å². The molecule has 0 radical (unpaired) electrons. The van der Waals surface area contributed by atoms with Crippen molar-refractivity contribution in [2.24, 2.45) is 0 Å². The minimum atomic E-state index is -0.371. The number of hydrogen-bond acceptors (Lipinski definition) is 2. The molecule has 0 aliphatic rings. The SMILES string of the molecule is Cc1cccc(C(=O)Nc2ccc(Cl)cc2Br)c1O. The van der Waals surface area contributed by atoms with Gasteiger partial charge in [0.1, 0.15) is 5.75 Å². The lowest BCUT2D eigenvalue weighted by atomic mass is 10.1. The van der Waals surface area contributed by atoms with Crippen LogP contribution in [0.4, 0.5) is 5.69 Å². The van der Waals surface area contributed by atoms with E-state index in [1.807, 2.05) is 0 Å². The molecule has 0 saturated heterocycles. The predicted molar refractivity (Wildman–Crippen MR) is 79.9 cm³/mol. The number of benzene rings is 2. The lowest BCUT2D eigenvalue weighted by Gasteiger charge is -2.10. The maximum absolute atomic E-state index is 12.1. The molecule has 2 aromatic carbocycles. The summed E-state index contributed by atoms with van der Waals surface area (Å²) in [5.41, 5.74) is 1.49. The Balaban J connectivity index is 2.28. The molecule has 0 aromatic heterocycles. The van der Waals surface area contributed by atoms with Crippen LogP contribution in [0.5, 0.6) is 5.75 Å². The van der Waals surface area contributed by atoms with Crippen molar-refractivity contribution >= 4 is 39.1 Å². The lowest BCUT2D eigenvalue weighted by Crippen LogP contribution is -2.12. The van der Waals surface area contributed by atoms with E-state index in [1.165, 1.54) is 0 Å². The van der Waals surface area contributed by atoms with Crippen LogP contribution in [0.3, 0.4) is 0 Å². The van der Waals surface area contributed by atoms with Crippen LogP contribution in [0, 0.1) is 6.92 Å². The average Bonchev–Trinajstić information content (AvgIpc) is 2.36. The first-order chi connectivity index (χ1) is 8.99. The molecule has 0 aliphatic carbocycles. The van der Waals surface area contributed by atoms with E-state index in [9.17, 15) is 9.90 Å². The van der Waals surface area contributed by atoms with Crippen molar-refractivity contribution in [3.63, 3.8) is 0 Å². The lowest BCUT2D eigenvalue weighted by molar-refractivity contribution is 0.102. The van der Waals surface area contributed by atoms with E-state index in [0.29, 0.717) is 20.7 Å². The second kappa shape index (κ2) is 5.63. The molecule has 0 saturated carbocycles. The molecule has 19 heavy (non-hydrogen) atoms. The molecular formula is C14H11BrClNO2. The smallest absolute Gasteiger partial charge is 0.259 e. The molecule has 2 aromatic rings. The Hall–Kier alpha value is -1.52. The number of aryl methyl sites for hydroxylation is 1. The number of anilines is 1. The molecule has 0 aliphatic heterocycles. The first-order valence-electron chi connectivity index (χ1n) is 5.54. The van der Waals surface area contributed by atoms with Crippen molar-refractivity contribution in [3.8, 4) is 5.75 Å². The van der Waals surface area contributed by atoms with Crippen LogP contribution in [0.1, 0.15) is 15.9 Å².